The maximum absolute atomic E-state index is 4.88. The summed E-state index contributed by atoms with van der Waals surface area (Å²) in [4.78, 5) is 5.08. The van der Waals surface area contributed by atoms with Crippen molar-refractivity contribution in [2.24, 2.45) is 0 Å². The summed E-state index contributed by atoms with van der Waals surface area (Å²) in [6.07, 6.45) is 0. The van der Waals surface area contributed by atoms with Gasteiger partial charge in [0.05, 0.1) is 0 Å². The van der Waals surface area contributed by atoms with E-state index in [4.69, 9.17) is 18.8 Å². The van der Waals surface area contributed by atoms with Gasteiger partial charge in [-0.25, -0.2) is 0 Å². The van der Waals surface area contributed by atoms with Gasteiger partial charge in [-0.05, 0) is 0 Å². The minimum atomic E-state index is -0.472. The predicted molar refractivity (Wildman–Crippen MR) is 46.5 cm³/mol. The summed E-state index contributed by atoms with van der Waals surface area (Å²) in [5.41, 5.74) is 0. The number of rotatable bonds is 0. The Morgan fingerprint density at radius 1 is 0.750 bits per heavy atom. The summed E-state index contributed by atoms with van der Waals surface area (Å²) in [6.45, 7) is 7.92. The second kappa shape index (κ2) is 7.54. The first-order valence-electron chi connectivity index (χ1n) is 3.64. The molecule has 1 N–H and O–H groups in total. The largest absolute Gasteiger partial charge is 0.870 e. The number of halogens is 2. The van der Waals surface area contributed by atoms with Crippen LogP contribution in [0.3, 0.4) is 0 Å². The molecule has 12 heavy (non-hydrogen) atoms. The van der Waals surface area contributed by atoms with E-state index in [0.29, 0.717) is 0 Å². The fourth-order valence-electron chi connectivity index (χ4n) is 1.52. The van der Waals surface area contributed by atoms with Gasteiger partial charge in [0, 0.05) is 39.3 Å². The first kappa shape index (κ1) is 13.1. The average Bonchev–Trinajstić information content (AvgIpc) is 2.09. The average molecular weight is 395 g/mol. The molecule has 3 rings (SSSR count). The molecule has 3 heterocycles. The minimum absolute atomic E-state index is 0. The Labute approximate surface area is 89.7 Å². The maximum Gasteiger partial charge on any atom is -0.870 e. The molecule has 0 atom stereocenters. The quantitative estimate of drug-likeness (QED) is 0.610. The first-order valence-corrected chi connectivity index (χ1v) is 9.27. The van der Waals surface area contributed by atoms with Crippen molar-refractivity contribution < 1.29 is 22.0 Å². The van der Waals surface area contributed by atoms with Crippen molar-refractivity contribution in [3.05, 3.63) is 0 Å². The summed E-state index contributed by atoms with van der Waals surface area (Å²) in [6, 6.07) is 0. The molecular weight excluding hydrogens is 382 g/mol. The van der Waals surface area contributed by atoms with Gasteiger partial charge in [-0.3, -0.25) is 9.80 Å². The van der Waals surface area contributed by atoms with Crippen LogP contribution in [0.25, 0.3) is 0 Å². The van der Waals surface area contributed by atoms with Crippen LogP contribution >= 0.6 is 18.8 Å². The zero-order chi connectivity index (χ0) is 8.10. The van der Waals surface area contributed by atoms with Crippen molar-refractivity contribution in [3.63, 3.8) is 0 Å². The molecule has 0 spiro atoms. The molecule has 3 nitrogen and oxygen atoms in total. The van der Waals surface area contributed by atoms with Crippen LogP contribution in [0.4, 0.5) is 0 Å². The van der Waals surface area contributed by atoms with E-state index in [-0.39, 0.29) is 5.48 Å². The summed E-state index contributed by atoms with van der Waals surface area (Å²) < 4.78 is 0. The maximum atomic E-state index is 4.88. The molecule has 0 saturated carbocycles. The van der Waals surface area contributed by atoms with Crippen LogP contribution in [0.1, 0.15) is 0 Å². The van der Waals surface area contributed by atoms with Crippen LogP contribution in [-0.4, -0.2) is 54.5 Å². The normalized spacial score (nSPS) is 31.8. The Morgan fingerprint density at radius 3 is 1.00 bits per heavy atom. The van der Waals surface area contributed by atoms with Crippen molar-refractivity contribution in [3.8, 4) is 0 Å². The molecule has 0 aromatic rings. The number of piperazine rings is 3. The fraction of sp³-hybridized carbons (Fsp3) is 1.00. The van der Waals surface area contributed by atoms with Crippen LogP contribution in [0, 0.1) is 0 Å². The zero-order valence-corrected chi connectivity index (χ0v) is 10.4. The van der Waals surface area contributed by atoms with Gasteiger partial charge in [-0.1, -0.05) is 0 Å². The van der Waals surface area contributed by atoms with Crippen molar-refractivity contribution >= 4 is 18.8 Å². The van der Waals surface area contributed by atoms with E-state index in [1.807, 2.05) is 0 Å². The van der Waals surface area contributed by atoms with Crippen LogP contribution < -0.4 is 0 Å². The SMILES string of the molecule is C1CN2CCN1CC2.[Cl][Pt][Cl].[OH-]. The molecule has 6 heteroatoms. The smallest absolute Gasteiger partial charge is 0.870 e. The Balaban J connectivity index is 0.000000272. The third-order valence-electron chi connectivity index (χ3n) is 2.20. The van der Waals surface area contributed by atoms with Gasteiger partial charge in [0.1, 0.15) is 0 Å². The molecule has 0 radical (unpaired) electrons. The molecule has 0 aromatic heterocycles. The van der Waals surface area contributed by atoms with E-state index < -0.39 is 16.5 Å². The van der Waals surface area contributed by atoms with Crippen molar-refractivity contribution in [1.82, 2.24) is 9.80 Å². The molecule has 0 aliphatic carbocycles. The molecule has 3 fully saturated rings. The third-order valence-corrected chi connectivity index (χ3v) is 2.20. The van der Waals surface area contributed by atoms with Crippen molar-refractivity contribution in [2.45, 2.75) is 0 Å². The standard InChI is InChI=1S/C6H12N2.2ClH.H2O.Pt/c1-2-8-5-3-7(1)4-6-8;;;;/h1-6H2;2*1H;1H2;/q;;;;+2/p-3. The van der Waals surface area contributed by atoms with Gasteiger partial charge in [0.2, 0.25) is 0 Å². The van der Waals surface area contributed by atoms with Crippen LogP contribution in [0.2, 0.25) is 0 Å². The molecule has 0 aromatic carbocycles. The minimum Gasteiger partial charge on any atom is -0.870 e. The zero-order valence-electron chi connectivity index (χ0n) is 6.66. The van der Waals surface area contributed by atoms with Crippen LogP contribution in [0.5, 0.6) is 0 Å². The Bertz CT molecular complexity index is 88.7. The van der Waals surface area contributed by atoms with Gasteiger partial charge >= 0.3 is 35.3 Å². The van der Waals surface area contributed by atoms with Crippen molar-refractivity contribution in [2.75, 3.05) is 39.3 Å². The second-order valence-electron chi connectivity index (χ2n) is 2.73. The second-order valence-corrected chi connectivity index (χ2v) is 6.01. The predicted octanol–water partition coefficient (Wildman–Crippen LogP) is 0.817. The van der Waals surface area contributed by atoms with Gasteiger partial charge in [-0.2, -0.15) is 0 Å². The summed E-state index contributed by atoms with van der Waals surface area (Å²) in [7, 11) is 9.75. The van der Waals surface area contributed by atoms with E-state index in [1.54, 1.807) is 0 Å². The molecular formula is C6H13Cl2N2OPt-. The molecule has 3 aliphatic rings. The molecule has 0 amide bonds. The molecule has 2 bridgehead atoms. The number of nitrogens with zero attached hydrogens (tertiary/aromatic N) is 2. The number of hydrogen-bond acceptors (Lipinski definition) is 3. The topological polar surface area (TPSA) is 36.5 Å². The van der Waals surface area contributed by atoms with Gasteiger partial charge in [0.15, 0.2) is 0 Å². The van der Waals surface area contributed by atoms with Gasteiger partial charge in [-0.15, -0.1) is 0 Å². The van der Waals surface area contributed by atoms with Crippen molar-refractivity contribution in [1.29, 1.82) is 0 Å². The molecule has 3 saturated heterocycles. The molecule has 0 unspecified atom stereocenters. The molecule has 78 valence electrons. The fourth-order valence-corrected chi connectivity index (χ4v) is 1.52. The van der Waals surface area contributed by atoms with Crippen LogP contribution in [-0.2, 0) is 16.5 Å². The van der Waals surface area contributed by atoms with E-state index in [2.05, 4.69) is 9.80 Å². The number of hydrogen-bond donors (Lipinski definition) is 0. The monoisotopic (exact) mass is 394 g/mol. The Kier molecular flexibility index (Phi) is 8.26. The Hall–Kier alpha value is 1.15. The van der Waals surface area contributed by atoms with Gasteiger partial charge < -0.3 is 5.48 Å². The van der Waals surface area contributed by atoms with Gasteiger partial charge in [0.25, 0.3) is 0 Å². The van der Waals surface area contributed by atoms with E-state index in [0.717, 1.165) is 0 Å². The molecule has 3 aliphatic heterocycles. The first-order chi connectivity index (χ1) is 5.36. The summed E-state index contributed by atoms with van der Waals surface area (Å²) in [5, 5.41) is 0. The van der Waals surface area contributed by atoms with E-state index >= 15 is 0 Å². The van der Waals surface area contributed by atoms with E-state index in [9.17, 15) is 0 Å². The summed E-state index contributed by atoms with van der Waals surface area (Å²) >= 11 is -0.472. The summed E-state index contributed by atoms with van der Waals surface area (Å²) in [5.74, 6) is 0. The Morgan fingerprint density at radius 2 is 0.917 bits per heavy atom. The van der Waals surface area contributed by atoms with E-state index in [1.165, 1.54) is 39.3 Å². The number of fused-ring (bicyclic) bond motifs is 3. The van der Waals surface area contributed by atoms with Crippen LogP contribution in [0.15, 0.2) is 0 Å². The third kappa shape index (κ3) is 4.40.